The van der Waals surface area contributed by atoms with Crippen LogP contribution in [-0.4, -0.2) is 29.0 Å². The fourth-order valence-electron chi connectivity index (χ4n) is 2.71. The molecule has 1 atom stereocenters. The van der Waals surface area contributed by atoms with Crippen LogP contribution in [0.1, 0.15) is 38.4 Å². The minimum absolute atomic E-state index is 0.0782. The van der Waals surface area contributed by atoms with Crippen molar-refractivity contribution in [3.8, 4) is 0 Å². The second kappa shape index (κ2) is 7.10. The number of aliphatic hydroxyl groups is 1. The monoisotopic (exact) mass is 307 g/mol. The molecule has 1 saturated heterocycles. The van der Waals surface area contributed by atoms with Gasteiger partial charge in [0.1, 0.15) is 0 Å². The van der Waals surface area contributed by atoms with E-state index in [4.69, 9.17) is 11.6 Å². The van der Waals surface area contributed by atoms with Gasteiger partial charge in [0.15, 0.2) is 0 Å². The Hall–Kier alpha value is -1.32. The molecule has 1 unspecified atom stereocenters. The number of nitrogens with zero attached hydrogens (tertiary/aromatic N) is 1. The standard InChI is InChI=1S/C17H22ClNO2/c1-12(2)11-16(20)19-9-7-14(8-10-19)17(21)13-3-5-15(18)6-4-13/h3-6,11,14,17,21H,7-10H2,1-2H3. The molecule has 0 radical (unpaired) electrons. The number of hydrogen-bond acceptors (Lipinski definition) is 2. The van der Waals surface area contributed by atoms with E-state index >= 15 is 0 Å². The summed E-state index contributed by atoms with van der Waals surface area (Å²) in [5.74, 6) is 0.274. The van der Waals surface area contributed by atoms with Crippen LogP contribution in [0.15, 0.2) is 35.9 Å². The van der Waals surface area contributed by atoms with Gasteiger partial charge in [-0.25, -0.2) is 0 Å². The first-order valence-corrected chi connectivity index (χ1v) is 7.72. The van der Waals surface area contributed by atoms with Crippen molar-refractivity contribution in [2.24, 2.45) is 5.92 Å². The van der Waals surface area contributed by atoms with Crippen LogP contribution in [-0.2, 0) is 4.79 Å². The van der Waals surface area contributed by atoms with Crippen LogP contribution >= 0.6 is 11.6 Å². The molecular formula is C17H22ClNO2. The number of hydrogen-bond donors (Lipinski definition) is 1. The lowest BCUT2D eigenvalue weighted by molar-refractivity contribution is -0.128. The van der Waals surface area contributed by atoms with Crippen molar-refractivity contribution in [1.82, 2.24) is 4.90 Å². The molecule has 1 aliphatic rings. The normalized spacial score (nSPS) is 17.4. The summed E-state index contributed by atoms with van der Waals surface area (Å²) in [5, 5.41) is 11.1. The topological polar surface area (TPSA) is 40.5 Å². The lowest BCUT2D eigenvalue weighted by Crippen LogP contribution is -2.39. The lowest BCUT2D eigenvalue weighted by Gasteiger charge is -2.34. The smallest absolute Gasteiger partial charge is 0.246 e. The summed E-state index contributed by atoms with van der Waals surface area (Å²) in [6.45, 7) is 5.26. The number of carbonyl (C=O) groups excluding carboxylic acids is 1. The molecular weight excluding hydrogens is 286 g/mol. The molecule has 1 amide bonds. The molecule has 4 heteroatoms. The van der Waals surface area contributed by atoms with E-state index in [1.165, 1.54) is 0 Å². The molecule has 1 aromatic rings. The first-order chi connectivity index (χ1) is 9.97. The SMILES string of the molecule is CC(C)=CC(=O)N1CCC(C(O)c2ccc(Cl)cc2)CC1. The molecule has 1 aliphatic heterocycles. The molecule has 2 rings (SSSR count). The summed E-state index contributed by atoms with van der Waals surface area (Å²) >= 11 is 5.87. The van der Waals surface area contributed by atoms with Gasteiger partial charge >= 0.3 is 0 Å². The van der Waals surface area contributed by atoms with E-state index in [0.717, 1.165) is 24.0 Å². The number of benzene rings is 1. The van der Waals surface area contributed by atoms with Gasteiger partial charge in [0.2, 0.25) is 5.91 Å². The number of amides is 1. The highest BCUT2D eigenvalue weighted by atomic mass is 35.5. The van der Waals surface area contributed by atoms with Gasteiger partial charge in [-0.2, -0.15) is 0 Å². The van der Waals surface area contributed by atoms with Gasteiger partial charge in [-0.05, 0) is 50.3 Å². The maximum Gasteiger partial charge on any atom is 0.246 e. The van der Waals surface area contributed by atoms with Gasteiger partial charge in [0.05, 0.1) is 6.10 Å². The van der Waals surface area contributed by atoms with Crippen molar-refractivity contribution in [2.45, 2.75) is 32.8 Å². The van der Waals surface area contributed by atoms with Gasteiger partial charge in [0.25, 0.3) is 0 Å². The predicted octanol–water partition coefficient (Wildman–Crippen LogP) is 3.58. The van der Waals surface area contributed by atoms with Gasteiger partial charge in [-0.3, -0.25) is 4.79 Å². The summed E-state index contributed by atoms with van der Waals surface area (Å²) in [4.78, 5) is 13.8. The zero-order chi connectivity index (χ0) is 15.4. The second-order valence-electron chi connectivity index (χ2n) is 5.88. The minimum atomic E-state index is -0.483. The molecule has 0 spiro atoms. The third-order valence-electron chi connectivity index (χ3n) is 3.92. The summed E-state index contributed by atoms with van der Waals surface area (Å²) in [6, 6.07) is 7.34. The molecule has 0 saturated carbocycles. The highest BCUT2D eigenvalue weighted by molar-refractivity contribution is 6.30. The van der Waals surface area contributed by atoms with E-state index < -0.39 is 6.10 Å². The first-order valence-electron chi connectivity index (χ1n) is 7.34. The average molecular weight is 308 g/mol. The Labute approximate surface area is 131 Å². The van der Waals surface area contributed by atoms with Crippen molar-refractivity contribution < 1.29 is 9.90 Å². The molecule has 1 N–H and O–H groups in total. The van der Waals surface area contributed by atoms with Gasteiger partial charge < -0.3 is 10.0 Å². The quantitative estimate of drug-likeness (QED) is 0.867. The van der Waals surface area contributed by atoms with E-state index in [-0.39, 0.29) is 11.8 Å². The third-order valence-corrected chi connectivity index (χ3v) is 4.17. The van der Waals surface area contributed by atoms with Crippen molar-refractivity contribution in [3.05, 3.63) is 46.5 Å². The highest BCUT2D eigenvalue weighted by Crippen LogP contribution is 2.31. The molecule has 1 fully saturated rings. The van der Waals surface area contributed by atoms with Gasteiger partial charge in [-0.1, -0.05) is 29.3 Å². The summed E-state index contributed by atoms with van der Waals surface area (Å²) in [5.41, 5.74) is 1.91. The Morgan fingerprint density at radius 2 is 1.86 bits per heavy atom. The minimum Gasteiger partial charge on any atom is -0.388 e. The van der Waals surface area contributed by atoms with Crippen LogP contribution in [0.2, 0.25) is 5.02 Å². The summed E-state index contributed by atoms with van der Waals surface area (Å²) in [7, 11) is 0. The highest BCUT2D eigenvalue weighted by Gasteiger charge is 2.27. The van der Waals surface area contributed by atoms with Crippen LogP contribution in [0.5, 0.6) is 0 Å². The molecule has 0 bridgehead atoms. The van der Waals surface area contributed by atoms with Crippen molar-refractivity contribution in [3.63, 3.8) is 0 Å². The van der Waals surface area contributed by atoms with E-state index in [9.17, 15) is 9.90 Å². The van der Waals surface area contributed by atoms with E-state index in [1.54, 1.807) is 18.2 Å². The molecule has 114 valence electrons. The molecule has 1 heterocycles. The Bertz CT molecular complexity index is 512. The molecule has 0 aliphatic carbocycles. The lowest BCUT2D eigenvalue weighted by atomic mass is 9.87. The number of rotatable bonds is 3. The maximum atomic E-state index is 12.0. The molecule has 3 nitrogen and oxygen atoms in total. The zero-order valence-corrected chi connectivity index (χ0v) is 13.3. The van der Waals surface area contributed by atoms with Crippen LogP contribution in [0.4, 0.5) is 0 Å². The molecule has 21 heavy (non-hydrogen) atoms. The van der Waals surface area contributed by atoms with Crippen molar-refractivity contribution in [2.75, 3.05) is 13.1 Å². The zero-order valence-electron chi connectivity index (χ0n) is 12.6. The largest absolute Gasteiger partial charge is 0.388 e. The van der Waals surface area contributed by atoms with E-state index in [0.29, 0.717) is 18.1 Å². The second-order valence-corrected chi connectivity index (χ2v) is 6.32. The van der Waals surface area contributed by atoms with Crippen LogP contribution in [0.3, 0.4) is 0 Å². The fraction of sp³-hybridized carbons (Fsp3) is 0.471. The number of aliphatic hydroxyl groups excluding tert-OH is 1. The molecule has 1 aromatic carbocycles. The Kier molecular flexibility index (Phi) is 5.43. The number of likely N-dealkylation sites (tertiary alicyclic amines) is 1. The summed E-state index contributed by atoms with van der Waals surface area (Å²) in [6.07, 6.45) is 2.84. The van der Waals surface area contributed by atoms with Crippen molar-refractivity contribution in [1.29, 1.82) is 0 Å². The van der Waals surface area contributed by atoms with E-state index in [2.05, 4.69) is 0 Å². The Morgan fingerprint density at radius 1 is 1.29 bits per heavy atom. The Balaban J connectivity index is 1.93. The van der Waals surface area contributed by atoms with Crippen LogP contribution < -0.4 is 0 Å². The number of piperidine rings is 1. The number of halogens is 1. The molecule has 0 aromatic heterocycles. The van der Waals surface area contributed by atoms with Crippen LogP contribution in [0, 0.1) is 5.92 Å². The van der Waals surface area contributed by atoms with Gasteiger partial charge in [-0.15, -0.1) is 0 Å². The Morgan fingerprint density at radius 3 is 2.38 bits per heavy atom. The number of carbonyl (C=O) groups is 1. The van der Waals surface area contributed by atoms with Crippen LogP contribution in [0.25, 0.3) is 0 Å². The summed E-state index contributed by atoms with van der Waals surface area (Å²) < 4.78 is 0. The fourth-order valence-corrected chi connectivity index (χ4v) is 2.83. The number of allylic oxidation sites excluding steroid dienone is 1. The average Bonchev–Trinajstić information content (AvgIpc) is 2.47. The first kappa shape index (κ1) is 16.1. The van der Waals surface area contributed by atoms with E-state index in [1.807, 2.05) is 30.9 Å². The van der Waals surface area contributed by atoms with Crippen molar-refractivity contribution >= 4 is 17.5 Å². The third kappa shape index (κ3) is 4.32. The van der Waals surface area contributed by atoms with Gasteiger partial charge in [0, 0.05) is 24.2 Å². The predicted molar refractivity (Wildman–Crippen MR) is 85.1 cm³/mol. The maximum absolute atomic E-state index is 12.0.